The third kappa shape index (κ3) is 4.84. The van der Waals surface area contributed by atoms with Crippen molar-refractivity contribution >= 4 is 78.1 Å². The molecule has 12 rings (SSSR count). The molecule has 0 N–H and O–H groups in total. The smallest absolute Gasteiger partial charge is 0.263 e. The van der Waals surface area contributed by atoms with Gasteiger partial charge < -0.3 is 9.13 Å². The average molecular weight is 812 g/mol. The fourth-order valence-corrected chi connectivity index (χ4v) is 11.4. The monoisotopic (exact) mass is 811 g/mol. The Morgan fingerprint density at radius 1 is 0.587 bits per heavy atom. The van der Waals surface area contributed by atoms with E-state index in [-0.39, 0.29) is 11.0 Å². The Kier molecular flexibility index (Phi) is 7.89. The van der Waals surface area contributed by atoms with Crippen LogP contribution in [-0.2, 0) is 11.8 Å². The third-order valence-electron chi connectivity index (χ3n) is 14.1. The van der Waals surface area contributed by atoms with Crippen LogP contribution in [0.25, 0.3) is 112 Å². The lowest BCUT2D eigenvalue weighted by Crippen LogP contribution is -2.17. The summed E-state index contributed by atoms with van der Waals surface area (Å²) in [4.78, 5) is 14.0. The van der Waals surface area contributed by atoms with Crippen molar-refractivity contribution in [2.45, 2.75) is 39.5 Å². The predicted molar refractivity (Wildman–Crippen MR) is 268 cm³/mol. The molecule has 0 atom stereocenters. The van der Waals surface area contributed by atoms with Crippen LogP contribution < -0.4 is 5.56 Å². The second-order valence-corrected chi connectivity index (χ2v) is 17.5. The molecular weight excluding hydrogens is 767 g/mol. The number of para-hydroxylation sites is 3. The minimum Gasteiger partial charge on any atom is -0.309 e. The number of aromatic nitrogens is 3. The molecule has 1 aliphatic rings. The normalized spacial score (nSPS) is 13.4. The molecule has 0 saturated heterocycles. The number of rotatable bonds is 7. The van der Waals surface area contributed by atoms with Gasteiger partial charge >= 0.3 is 0 Å². The van der Waals surface area contributed by atoms with Crippen LogP contribution in [0.1, 0.15) is 61.2 Å². The van der Waals surface area contributed by atoms with E-state index >= 15 is 0 Å². The van der Waals surface area contributed by atoms with Crippen LogP contribution in [0.15, 0.2) is 164 Å². The van der Waals surface area contributed by atoms with Crippen LogP contribution in [0.3, 0.4) is 0 Å². The predicted octanol–water partition coefficient (Wildman–Crippen LogP) is 14.9. The molecule has 4 heterocycles. The Labute approximate surface area is 365 Å². The zero-order valence-electron chi connectivity index (χ0n) is 36.0. The molecule has 0 radical (unpaired) electrons. The SMILES string of the molecule is C=Cc1c(C=C)c2cccc3c4cc(-c5cccc6c5-c5ccc(-n7c(/C=C\C)c(CC)c8ccc9c(c%10ccccc%10n9-c9ccccc9)c87)cc5C6(C)C)ccc4n(c1=O)c23. The molecule has 4 aromatic heterocycles. The van der Waals surface area contributed by atoms with Gasteiger partial charge in [-0.15, -0.1) is 0 Å². The van der Waals surface area contributed by atoms with Gasteiger partial charge in [0.05, 0.1) is 27.6 Å². The molecule has 1 aliphatic carbocycles. The van der Waals surface area contributed by atoms with Gasteiger partial charge in [-0.2, -0.15) is 0 Å². The van der Waals surface area contributed by atoms with E-state index in [1.165, 1.54) is 71.8 Å². The maximum absolute atomic E-state index is 14.0. The number of fused-ring (bicyclic) bond motifs is 11. The summed E-state index contributed by atoms with van der Waals surface area (Å²) in [5, 5.41) is 6.91. The molecule has 4 heteroatoms. The number of nitrogens with zero attached hydrogens (tertiary/aromatic N) is 3. The van der Waals surface area contributed by atoms with Crippen molar-refractivity contribution in [3.63, 3.8) is 0 Å². The van der Waals surface area contributed by atoms with E-state index in [0.717, 1.165) is 56.1 Å². The summed E-state index contributed by atoms with van der Waals surface area (Å²) in [6.07, 6.45) is 8.83. The Morgan fingerprint density at radius 2 is 1.33 bits per heavy atom. The average Bonchev–Trinajstić information content (AvgIpc) is 4.01. The fraction of sp³-hybridized carbons (Fsp3) is 0.102. The van der Waals surface area contributed by atoms with Gasteiger partial charge in [0.1, 0.15) is 0 Å². The molecule has 0 amide bonds. The zero-order valence-corrected chi connectivity index (χ0v) is 36.0. The van der Waals surface area contributed by atoms with Crippen LogP contribution in [0.2, 0.25) is 0 Å². The van der Waals surface area contributed by atoms with Crippen molar-refractivity contribution in [3.8, 4) is 33.6 Å². The fourth-order valence-electron chi connectivity index (χ4n) is 11.4. The first-order chi connectivity index (χ1) is 30.8. The van der Waals surface area contributed by atoms with Gasteiger partial charge in [-0.05, 0) is 112 Å². The molecular formula is C59H45N3O. The van der Waals surface area contributed by atoms with E-state index in [4.69, 9.17) is 0 Å². The highest BCUT2D eigenvalue weighted by Gasteiger charge is 2.38. The van der Waals surface area contributed by atoms with Gasteiger partial charge in [0.2, 0.25) is 0 Å². The van der Waals surface area contributed by atoms with E-state index in [2.05, 4.69) is 202 Å². The maximum atomic E-state index is 14.0. The van der Waals surface area contributed by atoms with Gasteiger partial charge in [0, 0.05) is 60.4 Å². The summed E-state index contributed by atoms with van der Waals surface area (Å²) < 4.78 is 6.82. The van der Waals surface area contributed by atoms with E-state index in [1.54, 1.807) is 12.2 Å². The van der Waals surface area contributed by atoms with Crippen molar-refractivity contribution in [2.24, 2.45) is 0 Å². The molecule has 63 heavy (non-hydrogen) atoms. The molecule has 0 bridgehead atoms. The zero-order chi connectivity index (χ0) is 42.9. The minimum atomic E-state index is -0.263. The van der Waals surface area contributed by atoms with Crippen molar-refractivity contribution in [2.75, 3.05) is 0 Å². The van der Waals surface area contributed by atoms with Gasteiger partial charge in [-0.25, -0.2) is 0 Å². The first-order valence-corrected chi connectivity index (χ1v) is 22.0. The Hall–Kier alpha value is -7.69. The molecule has 0 unspecified atom stereocenters. The minimum absolute atomic E-state index is 0.0692. The van der Waals surface area contributed by atoms with Crippen LogP contribution >= 0.6 is 0 Å². The van der Waals surface area contributed by atoms with Gasteiger partial charge in [0.15, 0.2) is 0 Å². The number of hydrogen-bond acceptors (Lipinski definition) is 1. The number of hydrogen-bond donors (Lipinski definition) is 0. The highest BCUT2D eigenvalue weighted by molar-refractivity contribution is 6.22. The number of benzene rings is 7. The molecule has 7 aromatic carbocycles. The number of pyridine rings is 1. The maximum Gasteiger partial charge on any atom is 0.263 e. The Morgan fingerprint density at radius 3 is 2.13 bits per heavy atom. The molecule has 11 aromatic rings. The van der Waals surface area contributed by atoms with E-state index in [1.807, 2.05) is 4.40 Å². The van der Waals surface area contributed by atoms with Crippen LogP contribution in [0.4, 0.5) is 0 Å². The number of allylic oxidation sites excluding steroid dienone is 1. The summed E-state index contributed by atoms with van der Waals surface area (Å²) in [5.74, 6) is 0. The Balaban J connectivity index is 1.10. The van der Waals surface area contributed by atoms with Crippen LogP contribution in [0.5, 0.6) is 0 Å². The van der Waals surface area contributed by atoms with Crippen molar-refractivity contribution in [3.05, 3.63) is 203 Å². The van der Waals surface area contributed by atoms with Crippen LogP contribution in [0, 0.1) is 0 Å². The van der Waals surface area contributed by atoms with Gasteiger partial charge in [0.25, 0.3) is 5.56 Å². The summed E-state index contributed by atoms with van der Waals surface area (Å²) >= 11 is 0. The first-order valence-electron chi connectivity index (χ1n) is 22.0. The summed E-state index contributed by atoms with van der Waals surface area (Å²) in [7, 11) is 0. The topological polar surface area (TPSA) is 31.3 Å². The lowest BCUT2D eigenvalue weighted by molar-refractivity contribution is 0.660. The largest absolute Gasteiger partial charge is 0.309 e. The Bertz CT molecular complexity index is 3870. The van der Waals surface area contributed by atoms with Gasteiger partial charge in [-0.3, -0.25) is 9.20 Å². The molecule has 0 aliphatic heterocycles. The highest BCUT2D eigenvalue weighted by Crippen LogP contribution is 2.53. The molecule has 0 spiro atoms. The van der Waals surface area contributed by atoms with Gasteiger partial charge in [-0.1, -0.05) is 143 Å². The first kappa shape index (κ1) is 37.1. The highest BCUT2D eigenvalue weighted by atomic mass is 16.1. The quantitative estimate of drug-likeness (QED) is 0.158. The molecule has 4 nitrogen and oxygen atoms in total. The summed E-state index contributed by atoms with van der Waals surface area (Å²) in [6.45, 7) is 17.2. The summed E-state index contributed by atoms with van der Waals surface area (Å²) in [6, 6.07) is 51.1. The third-order valence-corrected chi connectivity index (χ3v) is 14.1. The van der Waals surface area contributed by atoms with E-state index in [0.29, 0.717) is 5.56 Å². The lowest BCUT2D eigenvalue weighted by Gasteiger charge is -2.23. The second-order valence-electron chi connectivity index (χ2n) is 17.5. The van der Waals surface area contributed by atoms with E-state index in [9.17, 15) is 4.79 Å². The summed E-state index contributed by atoms with van der Waals surface area (Å²) in [5.41, 5.74) is 18.9. The molecule has 0 saturated carbocycles. The van der Waals surface area contributed by atoms with Crippen molar-refractivity contribution in [1.29, 1.82) is 0 Å². The second kappa shape index (κ2) is 13.4. The lowest BCUT2D eigenvalue weighted by atomic mass is 9.82. The standard InChI is InChI=1S/C59H45N3O/c1-7-18-50-39(9-3)44-30-32-53-55(46-21-14-15-26-51(46)60(53)36-19-12-11-13-20-36)57(44)61(50)37-28-29-45-49(34-37)59(5,6)48-25-17-22-41(54(45)48)35-27-31-52-47(33-35)43-24-16-23-42-38(8-2)40(10-4)58(63)62(52)56(42)43/h7-8,10-34H,2,4,9H2,1,3,5-6H3/b18-7-. The molecule has 0 fully saturated rings. The van der Waals surface area contributed by atoms with Crippen molar-refractivity contribution in [1.82, 2.24) is 13.5 Å². The van der Waals surface area contributed by atoms with Crippen LogP contribution in [-0.4, -0.2) is 13.5 Å². The molecule has 302 valence electrons. The van der Waals surface area contributed by atoms with E-state index < -0.39 is 0 Å². The van der Waals surface area contributed by atoms with Crippen molar-refractivity contribution < 1.29 is 0 Å². The number of aryl methyl sites for hydroxylation is 1.